The van der Waals surface area contributed by atoms with Gasteiger partial charge in [0.15, 0.2) is 17.3 Å². The highest BCUT2D eigenvalue weighted by Gasteiger charge is 2.23. The van der Waals surface area contributed by atoms with Crippen LogP contribution in [0.4, 0.5) is 17.6 Å². The molecule has 1 saturated heterocycles. The Hall–Kier alpha value is -3.42. The molecule has 1 fully saturated rings. The number of hydrogen-bond acceptors (Lipinski definition) is 8. The van der Waals surface area contributed by atoms with Crippen LogP contribution in [0.2, 0.25) is 0 Å². The van der Waals surface area contributed by atoms with Crippen LogP contribution < -0.4 is 19.7 Å². The van der Waals surface area contributed by atoms with Crippen molar-refractivity contribution in [3.63, 3.8) is 0 Å². The van der Waals surface area contributed by atoms with Crippen molar-refractivity contribution in [2.45, 2.75) is 25.9 Å². The molecular formula is C21H24N6O2. The molecule has 1 atom stereocenters. The minimum atomic E-state index is 0.0567. The van der Waals surface area contributed by atoms with Gasteiger partial charge >= 0.3 is 0 Å². The zero-order valence-corrected chi connectivity index (χ0v) is 16.4. The molecule has 4 rings (SSSR count). The predicted molar refractivity (Wildman–Crippen MR) is 111 cm³/mol. The van der Waals surface area contributed by atoms with Gasteiger partial charge < -0.3 is 19.7 Å². The molecule has 0 amide bonds. The summed E-state index contributed by atoms with van der Waals surface area (Å²) < 4.78 is 11.9. The molecule has 1 N–H and O–H groups in total. The lowest BCUT2D eigenvalue weighted by Crippen LogP contribution is -2.41. The summed E-state index contributed by atoms with van der Waals surface area (Å²) in [6.07, 6.45) is 8.85. The maximum atomic E-state index is 6.27. The number of nitrogens with zero attached hydrogens (tertiary/aromatic N) is 5. The Morgan fingerprint density at radius 3 is 2.76 bits per heavy atom. The fourth-order valence-electron chi connectivity index (χ4n) is 3.29. The number of rotatable bonds is 7. The van der Waals surface area contributed by atoms with E-state index >= 15 is 0 Å². The molecule has 8 heteroatoms. The second-order valence-corrected chi connectivity index (χ2v) is 6.67. The molecule has 3 heterocycles. The molecule has 150 valence electrons. The molecule has 1 aliphatic rings. The molecule has 0 bridgehead atoms. The summed E-state index contributed by atoms with van der Waals surface area (Å²) in [6, 6.07) is 9.57. The smallest absolute Gasteiger partial charge is 0.228 e. The van der Waals surface area contributed by atoms with Crippen molar-refractivity contribution in [1.82, 2.24) is 19.9 Å². The van der Waals surface area contributed by atoms with Crippen LogP contribution in [-0.2, 0) is 0 Å². The maximum Gasteiger partial charge on any atom is 0.228 e. The summed E-state index contributed by atoms with van der Waals surface area (Å²) in [6.45, 7) is 4.23. The van der Waals surface area contributed by atoms with Gasteiger partial charge in [-0.25, -0.2) is 15.0 Å². The molecule has 0 spiro atoms. The molecule has 0 saturated carbocycles. The lowest BCUT2D eigenvalue weighted by Gasteiger charge is -2.33. The molecule has 2 aromatic heterocycles. The zero-order valence-electron chi connectivity index (χ0n) is 16.4. The lowest BCUT2D eigenvalue weighted by molar-refractivity contribution is 0.170. The zero-order chi connectivity index (χ0) is 19.9. The number of hydrogen-bond donors (Lipinski definition) is 1. The first kappa shape index (κ1) is 18.9. The van der Waals surface area contributed by atoms with E-state index in [2.05, 4.69) is 30.2 Å². The molecule has 8 nitrogen and oxygen atoms in total. The van der Waals surface area contributed by atoms with Gasteiger partial charge in [0.05, 0.1) is 25.5 Å². The van der Waals surface area contributed by atoms with Crippen molar-refractivity contribution in [1.29, 1.82) is 0 Å². The Balaban J connectivity index is 1.44. The first-order chi connectivity index (χ1) is 14.3. The average molecular weight is 392 g/mol. The van der Waals surface area contributed by atoms with Crippen LogP contribution >= 0.6 is 0 Å². The maximum absolute atomic E-state index is 6.27. The Morgan fingerprint density at radius 2 is 1.93 bits per heavy atom. The van der Waals surface area contributed by atoms with Crippen molar-refractivity contribution in [3.8, 4) is 11.5 Å². The highest BCUT2D eigenvalue weighted by atomic mass is 16.5. The van der Waals surface area contributed by atoms with Crippen LogP contribution in [0.3, 0.4) is 0 Å². The van der Waals surface area contributed by atoms with E-state index in [-0.39, 0.29) is 6.10 Å². The largest absolute Gasteiger partial charge is 0.490 e. The molecule has 1 unspecified atom stereocenters. The van der Waals surface area contributed by atoms with Crippen molar-refractivity contribution < 1.29 is 9.47 Å². The Bertz CT molecular complexity index is 924. The molecular weight excluding hydrogens is 368 g/mol. The second-order valence-electron chi connectivity index (χ2n) is 6.67. The Kier molecular flexibility index (Phi) is 5.99. The van der Waals surface area contributed by atoms with E-state index in [4.69, 9.17) is 9.47 Å². The van der Waals surface area contributed by atoms with Gasteiger partial charge in [-0.2, -0.15) is 0 Å². The van der Waals surface area contributed by atoms with Crippen molar-refractivity contribution in [3.05, 3.63) is 55.1 Å². The van der Waals surface area contributed by atoms with Crippen LogP contribution in [0, 0.1) is 0 Å². The summed E-state index contributed by atoms with van der Waals surface area (Å²) >= 11 is 0. The molecule has 3 aromatic rings. The van der Waals surface area contributed by atoms with E-state index < -0.39 is 0 Å². The summed E-state index contributed by atoms with van der Waals surface area (Å²) in [4.78, 5) is 19.5. The van der Waals surface area contributed by atoms with Gasteiger partial charge in [0, 0.05) is 18.9 Å². The van der Waals surface area contributed by atoms with Gasteiger partial charge in [-0.1, -0.05) is 12.1 Å². The number of piperidine rings is 1. The number of nitrogens with one attached hydrogen (secondary N) is 1. The first-order valence-corrected chi connectivity index (χ1v) is 9.81. The summed E-state index contributed by atoms with van der Waals surface area (Å²) in [7, 11) is 0. The van der Waals surface area contributed by atoms with Crippen LogP contribution in [-0.4, -0.2) is 45.7 Å². The van der Waals surface area contributed by atoms with Gasteiger partial charge in [0.1, 0.15) is 11.9 Å². The average Bonchev–Trinajstić information content (AvgIpc) is 2.76. The van der Waals surface area contributed by atoms with E-state index in [1.165, 1.54) is 0 Å². The third-order valence-corrected chi connectivity index (χ3v) is 4.57. The minimum absolute atomic E-state index is 0.0567. The standard InChI is InChI=1S/C21H24N6O2/c1-2-28-17-8-3-4-9-18(17)29-16-7-5-12-27(15-16)20-14-22-13-19(25-20)26-21-23-10-6-11-24-21/h3-4,6,8-11,13-14,16H,2,5,7,12,15H2,1H3,(H,23,24,25,26). The van der Waals surface area contributed by atoms with Gasteiger partial charge in [0.2, 0.25) is 5.95 Å². The molecule has 0 radical (unpaired) electrons. The minimum Gasteiger partial charge on any atom is -0.490 e. The lowest BCUT2D eigenvalue weighted by atomic mass is 10.1. The van der Waals surface area contributed by atoms with Crippen molar-refractivity contribution >= 4 is 17.6 Å². The normalized spacial score (nSPS) is 16.3. The number of para-hydroxylation sites is 2. The summed E-state index contributed by atoms with van der Waals surface area (Å²) in [5.41, 5.74) is 0. The highest BCUT2D eigenvalue weighted by Crippen LogP contribution is 2.30. The van der Waals surface area contributed by atoms with Gasteiger partial charge in [-0.3, -0.25) is 4.98 Å². The molecule has 1 aromatic carbocycles. The summed E-state index contributed by atoms with van der Waals surface area (Å²) in [5, 5.41) is 3.09. The third kappa shape index (κ3) is 4.90. The van der Waals surface area contributed by atoms with Gasteiger partial charge in [0.25, 0.3) is 0 Å². The Morgan fingerprint density at radius 1 is 1.10 bits per heavy atom. The van der Waals surface area contributed by atoms with Crippen molar-refractivity contribution in [2.75, 3.05) is 29.9 Å². The number of anilines is 3. The van der Waals surface area contributed by atoms with E-state index in [0.29, 0.717) is 18.4 Å². The van der Waals surface area contributed by atoms with E-state index in [1.54, 1.807) is 30.9 Å². The first-order valence-electron chi connectivity index (χ1n) is 9.81. The molecule has 29 heavy (non-hydrogen) atoms. The monoisotopic (exact) mass is 392 g/mol. The number of aromatic nitrogens is 4. The van der Waals surface area contributed by atoms with Crippen LogP contribution in [0.15, 0.2) is 55.1 Å². The topological polar surface area (TPSA) is 85.3 Å². The number of ether oxygens (including phenoxy) is 2. The van der Waals surface area contributed by atoms with E-state index in [1.807, 2.05) is 31.2 Å². The fraction of sp³-hybridized carbons (Fsp3) is 0.333. The van der Waals surface area contributed by atoms with Crippen LogP contribution in [0.1, 0.15) is 19.8 Å². The Labute approximate surface area is 170 Å². The molecule has 0 aliphatic carbocycles. The fourth-order valence-corrected chi connectivity index (χ4v) is 3.29. The van der Waals surface area contributed by atoms with Gasteiger partial charge in [-0.15, -0.1) is 0 Å². The molecule has 1 aliphatic heterocycles. The van der Waals surface area contributed by atoms with E-state index in [0.717, 1.165) is 43.2 Å². The van der Waals surface area contributed by atoms with Crippen molar-refractivity contribution in [2.24, 2.45) is 0 Å². The van der Waals surface area contributed by atoms with E-state index in [9.17, 15) is 0 Å². The van der Waals surface area contributed by atoms with Crippen LogP contribution in [0.5, 0.6) is 11.5 Å². The SMILES string of the molecule is CCOc1ccccc1OC1CCCN(c2cncc(Nc3ncccn3)n2)C1. The quantitative estimate of drug-likeness (QED) is 0.654. The second kappa shape index (κ2) is 9.18. The third-order valence-electron chi connectivity index (χ3n) is 4.57. The number of benzene rings is 1. The summed E-state index contributed by atoms with van der Waals surface area (Å²) in [5.74, 6) is 3.46. The van der Waals surface area contributed by atoms with Crippen LogP contribution in [0.25, 0.3) is 0 Å². The predicted octanol–water partition coefficient (Wildman–Crippen LogP) is 3.46. The highest BCUT2D eigenvalue weighted by molar-refractivity contribution is 5.50. The van der Waals surface area contributed by atoms with Gasteiger partial charge in [-0.05, 0) is 38.0 Å².